The van der Waals surface area contributed by atoms with Crippen molar-refractivity contribution < 1.29 is 9.90 Å². The average molecular weight is 528 g/mol. The van der Waals surface area contributed by atoms with Crippen molar-refractivity contribution in [3.63, 3.8) is 0 Å². The van der Waals surface area contributed by atoms with Gasteiger partial charge in [0, 0.05) is 16.0 Å². The molecule has 1 aromatic heterocycles. The minimum atomic E-state index is -0.665. The van der Waals surface area contributed by atoms with Gasteiger partial charge >= 0.3 is 5.97 Å². The van der Waals surface area contributed by atoms with E-state index in [1.807, 2.05) is 0 Å². The van der Waals surface area contributed by atoms with Gasteiger partial charge in [-0.1, -0.05) is 60.1 Å². The van der Waals surface area contributed by atoms with Crippen molar-refractivity contribution in [2.24, 2.45) is 44.8 Å². The number of allylic oxidation sites excluding steroid dienone is 2. The smallest absolute Gasteiger partial charge is 0.310 e. The lowest BCUT2D eigenvalue weighted by atomic mass is 9.33. The van der Waals surface area contributed by atoms with Crippen molar-refractivity contribution in [3.8, 4) is 0 Å². The molecule has 7 atom stereocenters. The molecule has 37 heavy (non-hydrogen) atoms. The number of anilines is 1. The highest BCUT2D eigenvalue weighted by Gasteiger charge is 2.70. The monoisotopic (exact) mass is 527 g/mol. The van der Waals surface area contributed by atoms with Gasteiger partial charge in [0.2, 0.25) is 0 Å². The number of aliphatic carboxylic acids is 1. The van der Waals surface area contributed by atoms with Gasteiger partial charge in [0.25, 0.3) is 0 Å². The van der Waals surface area contributed by atoms with Crippen LogP contribution in [0.4, 0.5) is 5.82 Å². The standard InChI is InChI=1S/C31H46ClN3O2/c1-26(2)10-12-31(25(36)37)13-11-30(7)22(18(31)16-26)19(32)14-21-28(5)15-17-23(34-35-24(17)33)27(3,4)20(28)8-9-29(21,30)6/h18,20-21H,8-16H2,1-7H3,(H,36,37)(H3,33,34,35). The summed E-state index contributed by atoms with van der Waals surface area (Å²) in [7, 11) is 0. The van der Waals surface area contributed by atoms with Gasteiger partial charge in [-0.3, -0.25) is 9.89 Å². The minimum Gasteiger partial charge on any atom is -0.481 e. The van der Waals surface area contributed by atoms with E-state index >= 15 is 0 Å². The highest BCUT2D eigenvalue weighted by molar-refractivity contribution is 6.30. The second-order valence-electron chi connectivity index (χ2n) is 15.7. The van der Waals surface area contributed by atoms with Crippen molar-refractivity contribution in [2.45, 2.75) is 112 Å². The first kappa shape index (κ1) is 25.8. The summed E-state index contributed by atoms with van der Waals surface area (Å²) in [5.74, 6) is 1.05. The maximum absolute atomic E-state index is 12.9. The van der Waals surface area contributed by atoms with Gasteiger partial charge in [-0.15, -0.1) is 0 Å². The van der Waals surface area contributed by atoms with Crippen LogP contribution in [0, 0.1) is 44.8 Å². The number of rotatable bonds is 1. The number of nitrogens with one attached hydrogen (secondary N) is 1. The molecule has 0 aliphatic heterocycles. The zero-order valence-electron chi connectivity index (χ0n) is 23.9. The first-order valence-electron chi connectivity index (χ1n) is 14.5. The van der Waals surface area contributed by atoms with Crippen molar-refractivity contribution >= 4 is 23.4 Å². The minimum absolute atomic E-state index is 0.0298. The van der Waals surface area contributed by atoms with E-state index in [4.69, 9.17) is 17.3 Å². The number of aromatic amines is 1. The van der Waals surface area contributed by atoms with Crippen LogP contribution in [0.25, 0.3) is 0 Å². The Morgan fingerprint density at radius 3 is 2.38 bits per heavy atom. The van der Waals surface area contributed by atoms with E-state index < -0.39 is 11.4 Å². The Bertz CT molecular complexity index is 1210. The molecule has 4 N–H and O–H groups in total. The van der Waals surface area contributed by atoms with Gasteiger partial charge in [0.05, 0.1) is 11.1 Å². The average Bonchev–Trinajstić information content (AvgIpc) is 3.15. The molecule has 204 valence electrons. The number of fused-ring (bicyclic) bond motifs is 8. The van der Waals surface area contributed by atoms with Crippen LogP contribution in [0.3, 0.4) is 0 Å². The SMILES string of the molecule is CC1(C)CCC2(C(=O)O)CCC3(C)C(=C(Cl)CC4C5(C)Cc6c(n[nH]c6N)C(C)(C)C5CCC43C)C2C1. The van der Waals surface area contributed by atoms with Crippen molar-refractivity contribution in [1.29, 1.82) is 0 Å². The molecule has 7 unspecified atom stereocenters. The Labute approximate surface area is 227 Å². The van der Waals surface area contributed by atoms with Gasteiger partial charge in [-0.05, 0) is 103 Å². The van der Waals surface area contributed by atoms with Crippen LogP contribution in [0.5, 0.6) is 0 Å². The molecule has 0 amide bonds. The lowest BCUT2D eigenvalue weighted by Gasteiger charge is -2.70. The second-order valence-corrected chi connectivity index (χ2v) is 16.1. The van der Waals surface area contributed by atoms with Crippen LogP contribution in [0.2, 0.25) is 0 Å². The Balaban J connectivity index is 1.51. The molecule has 1 heterocycles. The molecule has 0 aromatic carbocycles. The second kappa shape index (κ2) is 7.37. The van der Waals surface area contributed by atoms with Crippen molar-refractivity contribution in [1.82, 2.24) is 10.2 Å². The third kappa shape index (κ3) is 2.99. The Kier molecular flexibility index (Phi) is 5.13. The molecule has 3 fully saturated rings. The van der Waals surface area contributed by atoms with Crippen molar-refractivity contribution in [2.75, 3.05) is 5.73 Å². The highest BCUT2D eigenvalue weighted by atomic mass is 35.5. The van der Waals surface area contributed by atoms with E-state index in [9.17, 15) is 9.90 Å². The summed E-state index contributed by atoms with van der Waals surface area (Å²) >= 11 is 7.46. The lowest BCUT2D eigenvalue weighted by Crippen LogP contribution is -2.65. The third-order valence-electron chi connectivity index (χ3n) is 13.3. The van der Waals surface area contributed by atoms with E-state index in [1.54, 1.807) is 0 Å². The summed E-state index contributed by atoms with van der Waals surface area (Å²) in [5.41, 5.74) is 9.54. The molecule has 6 heteroatoms. The number of carbonyl (C=O) groups is 1. The third-order valence-corrected chi connectivity index (χ3v) is 13.7. The van der Waals surface area contributed by atoms with Crippen LogP contribution in [0.1, 0.15) is 111 Å². The van der Waals surface area contributed by atoms with E-state index in [0.29, 0.717) is 17.7 Å². The molecule has 0 spiro atoms. The van der Waals surface area contributed by atoms with Crippen LogP contribution in [-0.2, 0) is 16.6 Å². The molecule has 5 aliphatic rings. The number of carboxylic acid groups (broad SMARTS) is 1. The predicted octanol–water partition coefficient (Wildman–Crippen LogP) is 7.46. The van der Waals surface area contributed by atoms with Gasteiger partial charge in [0.15, 0.2) is 0 Å². The Hall–Kier alpha value is -1.49. The fraction of sp³-hybridized carbons (Fsp3) is 0.806. The first-order valence-corrected chi connectivity index (χ1v) is 14.9. The predicted molar refractivity (Wildman–Crippen MR) is 148 cm³/mol. The number of H-pyrrole nitrogens is 1. The number of hydrogen-bond donors (Lipinski definition) is 3. The number of nitrogens with two attached hydrogens (primary N) is 1. The number of halogens is 1. The maximum Gasteiger partial charge on any atom is 0.310 e. The zero-order valence-corrected chi connectivity index (χ0v) is 24.6. The van der Waals surface area contributed by atoms with Crippen LogP contribution in [-0.4, -0.2) is 21.3 Å². The molecule has 0 radical (unpaired) electrons. The molecule has 0 bridgehead atoms. The van der Waals surface area contributed by atoms with Gasteiger partial charge in [0.1, 0.15) is 5.82 Å². The molecule has 0 saturated heterocycles. The summed E-state index contributed by atoms with van der Waals surface area (Å²) in [4.78, 5) is 12.9. The zero-order chi connectivity index (χ0) is 27.0. The number of nitrogen functional groups attached to an aromatic ring is 1. The van der Waals surface area contributed by atoms with Crippen LogP contribution >= 0.6 is 11.6 Å². The molecule has 6 rings (SSSR count). The summed E-state index contributed by atoms with van der Waals surface area (Å²) in [6.07, 6.45) is 8.43. The molecule has 1 aromatic rings. The number of hydrogen-bond acceptors (Lipinski definition) is 3. The number of carboxylic acids is 1. The highest BCUT2D eigenvalue weighted by Crippen LogP contribution is 2.76. The summed E-state index contributed by atoms with van der Waals surface area (Å²) in [5, 5.41) is 19.4. The van der Waals surface area contributed by atoms with E-state index in [2.05, 4.69) is 58.7 Å². The fourth-order valence-corrected chi connectivity index (χ4v) is 11.6. The van der Waals surface area contributed by atoms with Gasteiger partial charge in [-0.25, -0.2) is 0 Å². The van der Waals surface area contributed by atoms with Crippen LogP contribution in [0.15, 0.2) is 10.6 Å². The topological polar surface area (TPSA) is 92.0 Å². The lowest BCUT2D eigenvalue weighted by molar-refractivity contribution is -0.177. The summed E-state index contributed by atoms with van der Waals surface area (Å²) < 4.78 is 0. The molecule has 5 aliphatic carbocycles. The normalized spacial score (nSPS) is 45.7. The maximum atomic E-state index is 12.9. The summed E-state index contributed by atoms with van der Waals surface area (Å²) in [6.45, 7) is 16.8. The number of nitrogens with zero attached hydrogens (tertiary/aromatic N) is 1. The van der Waals surface area contributed by atoms with Crippen LogP contribution < -0.4 is 5.73 Å². The summed E-state index contributed by atoms with van der Waals surface area (Å²) in [6, 6.07) is 0. The molecule has 5 nitrogen and oxygen atoms in total. The number of aromatic nitrogens is 2. The molecular formula is C31H46ClN3O2. The molecular weight excluding hydrogens is 482 g/mol. The largest absolute Gasteiger partial charge is 0.481 e. The Morgan fingerprint density at radius 1 is 1.03 bits per heavy atom. The van der Waals surface area contributed by atoms with Gasteiger partial charge in [-0.2, -0.15) is 5.10 Å². The fourth-order valence-electron chi connectivity index (χ4n) is 11.1. The Morgan fingerprint density at radius 2 is 1.70 bits per heavy atom. The molecule has 3 saturated carbocycles. The van der Waals surface area contributed by atoms with E-state index in [1.165, 1.54) is 11.1 Å². The first-order chi connectivity index (χ1) is 17.0. The van der Waals surface area contributed by atoms with Gasteiger partial charge < -0.3 is 10.8 Å². The van der Waals surface area contributed by atoms with Crippen molar-refractivity contribution in [3.05, 3.63) is 21.9 Å². The van der Waals surface area contributed by atoms with E-state index in [-0.39, 0.29) is 33.0 Å². The quantitative estimate of drug-likeness (QED) is 0.353. The van der Waals surface area contributed by atoms with E-state index in [0.717, 1.165) is 68.5 Å².